The van der Waals surface area contributed by atoms with Crippen LogP contribution in [0.25, 0.3) is 0 Å². The molecule has 0 radical (unpaired) electrons. The molecule has 0 unspecified atom stereocenters. The van der Waals surface area contributed by atoms with Gasteiger partial charge in [-0.25, -0.2) is 0 Å². The van der Waals surface area contributed by atoms with Crippen LogP contribution in [0.15, 0.2) is 24.3 Å². The van der Waals surface area contributed by atoms with E-state index in [0.29, 0.717) is 52.6 Å². The van der Waals surface area contributed by atoms with Crippen LogP contribution in [-0.4, -0.2) is 72.9 Å². The van der Waals surface area contributed by atoms with Crippen LogP contribution in [0.5, 0.6) is 0 Å². The van der Waals surface area contributed by atoms with Crippen molar-refractivity contribution in [3.8, 4) is 0 Å². The van der Waals surface area contributed by atoms with Gasteiger partial charge in [-0.2, -0.15) is 0 Å². The number of nitrogens with zero attached hydrogens (tertiary/aromatic N) is 2. The Balaban J connectivity index is 2.70. The third-order valence-electron chi connectivity index (χ3n) is 4.12. The molecule has 0 aliphatic rings. The van der Waals surface area contributed by atoms with Crippen LogP contribution in [0, 0.1) is 0 Å². The lowest BCUT2D eigenvalue weighted by Gasteiger charge is -2.23. The molecule has 28 heavy (non-hydrogen) atoms. The number of amides is 2. The molecule has 0 spiro atoms. The highest BCUT2D eigenvalue weighted by Crippen LogP contribution is 2.11. The first-order valence-electron chi connectivity index (χ1n) is 9.46. The van der Waals surface area contributed by atoms with Crippen molar-refractivity contribution in [3.05, 3.63) is 35.4 Å². The molecule has 6 nitrogen and oxygen atoms in total. The molecule has 1 aromatic rings. The zero-order chi connectivity index (χ0) is 20.8. The summed E-state index contributed by atoms with van der Waals surface area (Å²) in [5.41, 5.74) is 1.98. The standard InChI is InChI=1S/C20H30Cl2N2O4/c1-3-27-11-9-23(19(25)13-21)15-17-5-7-18(8-6-17)16-24(20(26)14-22)10-12-28-4-2/h5-8H,3-4,9-16H2,1-2H3. The minimum atomic E-state index is -0.125. The van der Waals surface area contributed by atoms with E-state index in [-0.39, 0.29) is 23.6 Å². The molecule has 1 rings (SSSR count). The molecular weight excluding hydrogens is 403 g/mol. The largest absolute Gasteiger partial charge is 0.380 e. The molecule has 1 aromatic carbocycles. The lowest BCUT2D eigenvalue weighted by Crippen LogP contribution is -2.35. The van der Waals surface area contributed by atoms with Crippen molar-refractivity contribution in [2.45, 2.75) is 26.9 Å². The number of carbonyl (C=O) groups excluding carboxylic acids is 2. The summed E-state index contributed by atoms with van der Waals surface area (Å²) in [6.45, 7) is 7.93. The summed E-state index contributed by atoms with van der Waals surface area (Å²) in [6, 6.07) is 7.82. The highest BCUT2D eigenvalue weighted by Gasteiger charge is 2.15. The normalized spacial score (nSPS) is 10.7. The molecule has 0 saturated carbocycles. The number of hydrogen-bond acceptors (Lipinski definition) is 4. The quantitative estimate of drug-likeness (QED) is 0.335. The lowest BCUT2D eigenvalue weighted by atomic mass is 10.1. The maximum atomic E-state index is 12.0. The first-order chi connectivity index (χ1) is 13.5. The molecule has 0 heterocycles. The average Bonchev–Trinajstić information content (AvgIpc) is 2.72. The number of carbonyl (C=O) groups is 2. The van der Waals surface area contributed by atoms with Gasteiger partial charge >= 0.3 is 0 Å². The first-order valence-corrected chi connectivity index (χ1v) is 10.5. The topological polar surface area (TPSA) is 59.1 Å². The Labute approximate surface area is 177 Å². The van der Waals surface area contributed by atoms with Crippen molar-refractivity contribution in [1.29, 1.82) is 0 Å². The molecule has 0 bridgehead atoms. The van der Waals surface area contributed by atoms with Crippen LogP contribution in [0.1, 0.15) is 25.0 Å². The van der Waals surface area contributed by atoms with Crippen molar-refractivity contribution in [1.82, 2.24) is 9.80 Å². The van der Waals surface area contributed by atoms with Gasteiger partial charge in [0.05, 0.1) is 13.2 Å². The van der Waals surface area contributed by atoms with E-state index >= 15 is 0 Å². The summed E-state index contributed by atoms with van der Waals surface area (Å²) in [4.78, 5) is 27.4. The highest BCUT2D eigenvalue weighted by molar-refractivity contribution is 6.27. The van der Waals surface area contributed by atoms with Gasteiger partial charge in [0.2, 0.25) is 11.8 Å². The Morgan fingerprint density at radius 1 is 0.786 bits per heavy atom. The van der Waals surface area contributed by atoms with E-state index in [1.54, 1.807) is 9.80 Å². The highest BCUT2D eigenvalue weighted by atomic mass is 35.5. The van der Waals surface area contributed by atoms with E-state index < -0.39 is 0 Å². The average molecular weight is 433 g/mol. The third kappa shape index (κ3) is 9.24. The summed E-state index contributed by atoms with van der Waals surface area (Å²) in [7, 11) is 0. The first kappa shape index (κ1) is 24.7. The minimum Gasteiger partial charge on any atom is -0.380 e. The predicted molar refractivity (Wildman–Crippen MR) is 112 cm³/mol. The Bertz CT molecular complexity index is 533. The van der Waals surface area contributed by atoms with Crippen molar-refractivity contribution in [2.24, 2.45) is 0 Å². The molecule has 0 atom stereocenters. The van der Waals surface area contributed by atoms with Gasteiger partial charge < -0.3 is 19.3 Å². The van der Waals surface area contributed by atoms with Crippen molar-refractivity contribution < 1.29 is 19.1 Å². The minimum absolute atomic E-state index is 0.0560. The van der Waals surface area contributed by atoms with E-state index in [1.165, 1.54) is 0 Å². The fourth-order valence-corrected chi connectivity index (χ4v) is 2.92. The van der Waals surface area contributed by atoms with Crippen molar-refractivity contribution in [2.75, 3.05) is 51.3 Å². The molecule has 158 valence electrons. The Hall–Kier alpha value is -1.34. The zero-order valence-corrected chi connectivity index (χ0v) is 18.2. The van der Waals surface area contributed by atoms with Crippen molar-refractivity contribution >= 4 is 35.0 Å². The van der Waals surface area contributed by atoms with Crippen LogP contribution in [-0.2, 0) is 32.2 Å². The van der Waals surface area contributed by atoms with Crippen LogP contribution in [0.3, 0.4) is 0 Å². The number of ether oxygens (including phenoxy) is 2. The predicted octanol–water partition coefficient (Wildman–Crippen LogP) is 2.89. The van der Waals surface area contributed by atoms with Gasteiger partial charge in [-0.15, -0.1) is 23.2 Å². The summed E-state index contributed by atoms with van der Waals surface area (Å²) in [5.74, 6) is -0.362. The summed E-state index contributed by atoms with van der Waals surface area (Å²) in [6.07, 6.45) is 0. The van der Waals surface area contributed by atoms with E-state index in [4.69, 9.17) is 32.7 Å². The number of benzene rings is 1. The summed E-state index contributed by atoms with van der Waals surface area (Å²) < 4.78 is 10.7. The molecule has 0 aliphatic heterocycles. The number of alkyl halides is 2. The van der Waals surface area contributed by atoms with E-state index in [0.717, 1.165) is 11.1 Å². The van der Waals surface area contributed by atoms with E-state index in [2.05, 4.69) is 0 Å². The van der Waals surface area contributed by atoms with Gasteiger partial charge in [0.15, 0.2) is 0 Å². The number of rotatable bonds is 14. The fourth-order valence-electron chi connectivity index (χ4n) is 2.58. The molecule has 2 amide bonds. The summed E-state index contributed by atoms with van der Waals surface area (Å²) in [5, 5.41) is 0. The number of halogens is 2. The smallest absolute Gasteiger partial charge is 0.237 e. The Kier molecular flexibility index (Phi) is 12.9. The van der Waals surface area contributed by atoms with Crippen molar-refractivity contribution in [3.63, 3.8) is 0 Å². The second kappa shape index (κ2) is 14.6. The Morgan fingerprint density at radius 3 is 1.43 bits per heavy atom. The summed E-state index contributed by atoms with van der Waals surface area (Å²) >= 11 is 11.4. The molecule has 0 aromatic heterocycles. The molecule has 8 heteroatoms. The molecule has 0 saturated heterocycles. The monoisotopic (exact) mass is 432 g/mol. The van der Waals surface area contributed by atoms with Crippen LogP contribution < -0.4 is 0 Å². The van der Waals surface area contributed by atoms with Crippen LogP contribution in [0.2, 0.25) is 0 Å². The van der Waals surface area contributed by atoms with Gasteiger partial charge in [0, 0.05) is 39.4 Å². The van der Waals surface area contributed by atoms with E-state index in [1.807, 2.05) is 38.1 Å². The third-order valence-corrected chi connectivity index (χ3v) is 4.58. The van der Waals surface area contributed by atoms with Crippen LogP contribution >= 0.6 is 23.2 Å². The SMILES string of the molecule is CCOCCN(Cc1ccc(CN(CCOCC)C(=O)CCl)cc1)C(=O)CCl. The Morgan fingerprint density at radius 2 is 1.14 bits per heavy atom. The molecule has 0 fully saturated rings. The van der Waals surface area contributed by atoms with Crippen LogP contribution in [0.4, 0.5) is 0 Å². The van der Waals surface area contributed by atoms with Gasteiger partial charge in [-0.1, -0.05) is 24.3 Å². The molecule has 0 aliphatic carbocycles. The van der Waals surface area contributed by atoms with Gasteiger partial charge in [-0.05, 0) is 25.0 Å². The fraction of sp³-hybridized carbons (Fsp3) is 0.600. The maximum Gasteiger partial charge on any atom is 0.237 e. The van der Waals surface area contributed by atoms with Gasteiger partial charge in [-0.3, -0.25) is 9.59 Å². The lowest BCUT2D eigenvalue weighted by molar-refractivity contribution is -0.130. The van der Waals surface area contributed by atoms with Gasteiger partial charge in [0.1, 0.15) is 11.8 Å². The maximum absolute atomic E-state index is 12.0. The van der Waals surface area contributed by atoms with E-state index in [9.17, 15) is 9.59 Å². The van der Waals surface area contributed by atoms with Gasteiger partial charge in [0.25, 0.3) is 0 Å². The molecular formula is C20H30Cl2N2O4. The second-order valence-electron chi connectivity index (χ2n) is 6.11. The second-order valence-corrected chi connectivity index (χ2v) is 6.64. The molecule has 0 N–H and O–H groups in total. The number of hydrogen-bond donors (Lipinski definition) is 0. The zero-order valence-electron chi connectivity index (χ0n) is 16.7.